The maximum Gasteiger partial charge on any atom is 0.447 e. The van der Waals surface area contributed by atoms with Gasteiger partial charge >= 0.3 is 12.1 Å². The van der Waals surface area contributed by atoms with Gasteiger partial charge in [0.25, 0.3) is 11.0 Å². The topological polar surface area (TPSA) is 75.6 Å². The highest BCUT2D eigenvalue weighted by Gasteiger charge is 2.62. The predicted octanol–water partition coefficient (Wildman–Crippen LogP) is 0.680. The second kappa shape index (κ2) is 3.98. The van der Waals surface area contributed by atoms with E-state index >= 15 is 0 Å². The summed E-state index contributed by atoms with van der Waals surface area (Å²) < 4.78 is 41.9. The normalized spacial score (nSPS) is 28.2. The average molecular weight is 257 g/mol. The molecule has 9 heteroatoms. The molecule has 1 aliphatic heterocycles. The molecular weight excluding hydrogens is 251 g/mol. The Hall–Kier alpha value is -1.22. The lowest BCUT2D eigenvalue weighted by atomic mass is 10.4. The number of hydrogen-bond acceptors (Lipinski definition) is 4. The minimum Gasteiger partial charge on any atom is -0.478 e. The van der Waals surface area contributed by atoms with Gasteiger partial charge in [-0.25, -0.2) is 4.79 Å². The fraction of sp³-hybridized carbons (Fsp3) is 0.429. The van der Waals surface area contributed by atoms with Crippen LogP contribution >= 0.6 is 11.8 Å². The molecule has 0 radical (unpaired) electrons. The molecule has 0 aliphatic carbocycles. The van der Waals surface area contributed by atoms with Crippen molar-refractivity contribution in [2.75, 3.05) is 7.11 Å². The van der Waals surface area contributed by atoms with Crippen molar-refractivity contribution in [3.8, 4) is 0 Å². The van der Waals surface area contributed by atoms with E-state index in [1.165, 1.54) is 0 Å². The fourth-order valence-electron chi connectivity index (χ4n) is 0.982. The molecule has 1 atom stereocenters. The van der Waals surface area contributed by atoms with E-state index in [1.807, 2.05) is 0 Å². The number of aliphatic carboxylic acids is 1. The van der Waals surface area contributed by atoms with E-state index in [9.17, 15) is 22.8 Å². The van der Waals surface area contributed by atoms with Crippen molar-refractivity contribution in [1.82, 2.24) is 5.32 Å². The number of amides is 1. The van der Waals surface area contributed by atoms with Crippen LogP contribution in [0.4, 0.5) is 13.2 Å². The molecule has 1 fully saturated rings. The largest absolute Gasteiger partial charge is 0.478 e. The van der Waals surface area contributed by atoms with E-state index in [1.54, 1.807) is 5.32 Å². The highest BCUT2D eigenvalue weighted by molar-refractivity contribution is 8.05. The van der Waals surface area contributed by atoms with Gasteiger partial charge in [0.05, 0.1) is 4.91 Å². The van der Waals surface area contributed by atoms with Crippen LogP contribution in [-0.4, -0.2) is 35.3 Å². The Morgan fingerprint density at radius 2 is 2.19 bits per heavy atom. The van der Waals surface area contributed by atoms with Crippen LogP contribution in [0.1, 0.15) is 0 Å². The third-order valence-electron chi connectivity index (χ3n) is 1.67. The molecule has 5 nitrogen and oxygen atoms in total. The lowest BCUT2D eigenvalue weighted by Gasteiger charge is -2.27. The summed E-state index contributed by atoms with van der Waals surface area (Å²) in [5.41, 5.74) is 0. The maximum absolute atomic E-state index is 12.6. The molecule has 16 heavy (non-hydrogen) atoms. The third-order valence-corrected chi connectivity index (χ3v) is 2.98. The predicted molar refractivity (Wildman–Crippen MR) is 47.2 cm³/mol. The van der Waals surface area contributed by atoms with Crippen LogP contribution < -0.4 is 5.32 Å². The number of rotatable bonds is 2. The summed E-state index contributed by atoms with van der Waals surface area (Å²) in [6.45, 7) is 0. The number of hydrogen-bond donors (Lipinski definition) is 2. The summed E-state index contributed by atoms with van der Waals surface area (Å²) in [5, 5.41) is 6.99. The molecule has 0 bridgehead atoms. The second-order valence-electron chi connectivity index (χ2n) is 2.72. The van der Waals surface area contributed by atoms with Crippen LogP contribution in [-0.2, 0) is 14.3 Å². The number of nitrogens with one attached hydrogen (secondary N) is 1. The summed E-state index contributed by atoms with van der Waals surface area (Å²) in [6, 6.07) is 0. The van der Waals surface area contributed by atoms with Gasteiger partial charge in [0, 0.05) is 13.2 Å². The number of ether oxygens (including phenoxy) is 1. The fourth-order valence-corrected chi connectivity index (χ4v) is 1.94. The highest BCUT2D eigenvalue weighted by Crippen LogP contribution is 2.47. The number of carboxylic acid groups (broad SMARTS) is 1. The Bertz CT molecular complexity index is 367. The quantitative estimate of drug-likeness (QED) is 0.711. The zero-order chi connectivity index (χ0) is 12.6. The lowest BCUT2D eigenvalue weighted by Crippen LogP contribution is -2.53. The first kappa shape index (κ1) is 12.8. The minimum absolute atomic E-state index is 0.0261. The average Bonchev–Trinajstić information content (AvgIpc) is 2.42. The molecule has 1 aliphatic rings. The molecule has 0 spiro atoms. The van der Waals surface area contributed by atoms with Crippen molar-refractivity contribution >= 4 is 23.6 Å². The number of carbonyl (C=O) groups excluding carboxylic acids is 1. The van der Waals surface area contributed by atoms with Gasteiger partial charge in [-0.3, -0.25) is 4.79 Å². The molecule has 90 valence electrons. The molecule has 0 aromatic rings. The van der Waals surface area contributed by atoms with E-state index < -0.39 is 28.0 Å². The van der Waals surface area contributed by atoms with Gasteiger partial charge in [-0.05, 0) is 0 Å². The van der Waals surface area contributed by atoms with Crippen LogP contribution in [0.3, 0.4) is 0 Å². The van der Waals surface area contributed by atoms with Crippen LogP contribution in [0.15, 0.2) is 11.0 Å². The molecule has 0 aromatic carbocycles. The minimum atomic E-state index is -4.85. The number of thioether (sulfide) groups is 1. The Morgan fingerprint density at radius 3 is 2.50 bits per heavy atom. The number of carboxylic acids is 1. The Morgan fingerprint density at radius 1 is 1.62 bits per heavy atom. The van der Waals surface area contributed by atoms with Gasteiger partial charge in [0.1, 0.15) is 0 Å². The first-order chi connectivity index (χ1) is 7.22. The zero-order valence-corrected chi connectivity index (χ0v) is 8.61. The van der Waals surface area contributed by atoms with Crippen molar-refractivity contribution in [2.45, 2.75) is 11.2 Å². The van der Waals surface area contributed by atoms with Gasteiger partial charge < -0.3 is 15.2 Å². The van der Waals surface area contributed by atoms with Gasteiger partial charge in [0.15, 0.2) is 0 Å². The summed E-state index contributed by atoms with van der Waals surface area (Å²) in [5.74, 6) is -2.64. The van der Waals surface area contributed by atoms with Crippen molar-refractivity contribution in [1.29, 1.82) is 0 Å². The summed E-state index contributed by atoms with van der Waals surface area (Å²) >= 11 is -0.0261. The molecule has 1 amide bonds. The van der Waals surface area contributed by atoms with Crippen LogP contribution in [0.5, 0.6) is 0 Å². The molecule has 2 N–H and O–H groups in total. The Labute approximate surface area is 91.6 Å². The van der Waals surface area contributed by atoms with Crippen molar-refractivity contribution in [3.63, 3.8) is 0 Å². The number of halogens is 3. The van der Waals surface area contributed by atoms with Gasteiger partial charge in [-0.2, -0.15) is 13.2 Å². The Kier molecular flexibility index (Phi) is 3.20. The lowest BCUT2D eigenvalue weighted by molar-refractivity contribution is -0.237. The van der Waals surface area contributed by atoms with Crippen LogP contribution in [0.25, 0.3) is 0 Å². The standard InChI is InChI=1S/C7H6F3NO4S/c1-15-7(6(8,9)10)11-5(14)3(16-7)2-4(12)13/h2H,1H3,(H,11,14)(H,12,13)/b3-2-/t7-/m1/s1. The highest BCUT2D eigenvalue weighted by atomic mass is 32.2. The van der Waals surface area contributed by atoms with Gasteiger partial charge in [-0.15, -0.1) is 0 Å². The summed E-state index contributed by atoms with van der Waals surface area (Å²) in [4.78, 5) is 20.8. The number of methoxy groups -OCH3 is 1. The first-order valence-corrected chi connectivity index (χ1v) is 4.61. The van der Waals surface area contributed by atoms with E-state index in [0.717, 1.165) is 7.11 Å². The van der Waals surface area contributed by atoms with E-state index in [4.69, 9.17) is 5.11 Å². The third kappa shape index (κ3) is 2.14. The SMILES string of the molecule is CO[C@@]1(C(F)(F)F)NC(=O)/C(=C/C(=O)O)S1. The van der Waals surface area contributed by atoms with E-state index in [-0.39, 0.29) is 11.8 Å². The van der Waals surface area contributed by atoms with E-state index in [2.05, 4.69) is 4.74 Å². The molecule has 1 saturated heterocycles. The van der Waals surface area contributed by atoms with Crippen molar-refractivity contribution in [3.05, 3.63) is 11.0 Å². The molecule has 0 unspecified atom stereocenters. The molecule has 1 rings (SSSR count). The maximum atomic E-state index is 12.6. The Balaban J connectivity index is 3.06. The van der Waals surface area contributed by atoms with Crippen LogP contribution in [0.2, 0.25) is 0 Å². The number of carbonyl (C=O) groups is 2. The van der Waals surface area contributed by atoms with Gasteiger partial charge in [0.2, 0.25) is 0 Å². The number of alkyl halides is 3. The van der Waals surface area contributed by atoms with Crippen molar-refractivity contribution < 1.29 is 32.6 Å². The van der Waals surface area contributed by atoms with Crippen molar-refractivity contribution in [2.24, 2.45) is 0 Å². The zero-order valence-electron chi connectivity index (χ0n) is 7.79. The molecule has 1 heterocycles. The summed E-state index contributed by atoms with van der Waals surface area (Å²) in [7, 11) is 0.768. The molecule has 0 aromatic heterocycles. The first-order valence-electron chi connectivity index (χ1n) is 3.80. The smallest absolute Gasteiger partial charge is 0.447 e. The van der Waals surface area contributed by atoms with Crippen LogP contribution in [0, 0.1) is 0 Å². The second-order valence-corrected chi connectivity index (χ2v) is 3.94. The summed E-state index contributed by atoms with van der Waals surface area (Å²) in [6.07, 6.45) is -4.46. The van der Waals surface area contributed by atoms with Gasteiger partial charge in [-0.1, -0.05) is 11.8 Å². The molecule has 0 saturated carbocycles. The molecular formula is C7H6F3NO4S. The van der Waals surface area contributed by atoms with E-state index in [0.29, 0.717) is 6.08 Å². The monoisotopic (exact) mass is 257 g/mol.